The summed E-state index contributed by atoms with van der Waals surface area (Å²) in [5.41, 5.74) is 1.21. The minimum atomic E-state index is -0.250. The van der Waals surface area contributed by atoms with Gasteiger partial charge in [-0.2, -0.15) is 5.10 Å². The molecule has 6 heteroatoms. The fourth-order valence-corrected chi connectivity index (χ4v) is 3.93. The molecule has 146 valence electrons. The van der Waals surface area contributed by atoms with Crippen molar-refractivity contribution in [3.8, 4) is 0 Å². The van der Waals surface area contributed by atoms with Crippen LogP contribution in [0.3, 0.4) is 0 Å². The maximum atomic E-state index is 13.1. The zero-order chi connectivity index (χ0) is 19.5. The summed E-state index contributed by atoms with van der Waals surface area (Å²) >= 11 is 0. The number of hydrogen-bond acceptors (Lipinski definition) is 4. The van der Waals surface area contributed by atoms with Crippen molar-refractivity contribution < 1.29 is 9.21 Å². The van der Waals surface area contributed by atoms with Crippen LogP contribution in [0.15, 0.2) is 45.8 Å². The van der Waals surface area contributed by atoms with Gasteiger partial charge in [0.25, 0.3) is 11.5 Å². The maximum Gasteiger partial charge on any atom is 0.274 e. The highest BCUT2D eigenvalue weighted by Crippen LogP contribution is 2.30. The van der Waals surface area contributed by atoms with Crippen LogP contribution in [0.2, 0.25) is 0 Å². The number of aryl methyl sites for hydroxylation is 2. The molecular weight excluding hydrogens is 354 g/mol. The van der Waals surface area contributed by atoms with Crippen LogP contribution in [0.1, 0.15) is 66.9 Å². The van der Waals surface area contributed by atoms with Gasteiger partial charge in [0.05, 0.1) is 17.7 Å². The van der Waals surface area contributed by atoms with Gasteiger partial charge in [-0.1, -0.05) is 38.0 Å². The molecule has 1 N–H and O–H groups in total. The summed E-state index contributed by atoms with van der Waals surface area (Å²) in [5.74, 6) is 0.693. The fourth-order valence-electron chi connectivity index (χ4n) is 3.93. The van der Waals surface area contributed by atoms with Crippen molar-refractivity contribution in [3.63, 3.8) is 0 Å². The first-order valence-corrected chi connectivity index (χ1v) is 10.1. The van der Waals surface area contributed by atoms with Crippen LogP contribution >= 0.6 is 0 Å². The normalized spacial score (nSPS) is 16.1. The van der Waals surface area contributed by atoms with Crippen LogP contribution in [-0.4, -0.2) is 15.7 Å². The molecule has 0 fully saturated rings. The van der Waals surface area contributed by atoms with Gasteiger partial charge >= 0.3 is 0 Å². The van der Waals surface area contributed by atoms with Crippen molar-refractivity contribution >= 4 is 16.7 Å². The van der Waals surface area contributed by atoms with E-state index in [1.54, 1.807) is 18.4 Å². The quantitative estimate of drug-likeness (QED) is 0.657. The summed E-state index contributed by atoms with van der Waals surface area (Å²) in [7, 11) is 0. The molecule has 1 unspecified atom stereocenters. The second-order valence-electron chi connectivity index (χ2n) is 7.35. The largest absolute Gasteiger partial charge is 0.469 e. The number of hydrogen-bond donors (Lipinski definition) is 1. The Bertz CT molecular complexity index is 1050. The van der Waals surface area contributed by atoms with Crippen LogP contribution in [-0.2, 0) is 13.0 Å². The van der Waals surface area contributed by atoms with Crippen molar-refractivity contribution in [2.75, 3.05) is 0 Å². The predicted molar refractivity (Wildman–Crippen MR) is 107 cm³/mol. The Labute approximate surface area is 163 Å². The molecule has 0 bridgehead atoms. The van der Waals surface area contributed by atoms with Crippen molar-refractivity contribution in [2.24, 2.45) is 0 Å². The van der Waals surface area contributed by atoms with E-state index in [-0.39, 0.29) is 17.5 Å². The molecule has 1 aliphatic rings. The molecular formula is C22H25N3O3. The number of aromatic nitrogens is 2. The number of amides is 1. The molecule has 2 aromatic heterocycles. The Balaban J connectivity index is 1.68. The zero-order valence-electron chi connectivity index (χ0n) is 16.1. The van der Waals surface area contributed by atoms with E-state index in [1.807, 2.05) is 18.2 Å². The molecule has 1 aliphatic carbocycles. The second kappa shape index (κ2) is 8.00. The van der Waals surface area contributed by atoms with Crippen molar-refractivity contribution in [3.05, 3.63) is 64.0 Å². The monoisotopic (exact) mass is 379 g/mol. The Kier molecular flexibility index (Phi) is 5.28. The third-order valence-electron chi connectivity index (χ3n) is 5.41. The van der Waals surface area contributed by atoms with Gasteiger partial charge in [0.2, 0.25) is 0 Å². The van der Waals surface area contributed by atoms with Gasteiger partial charge in [-0.3, -0.25) is 9.59 Å². The molecule has 28 heavy (non-hydrogen) atoms. The number of furan rings is 1. The summed E-state index contributed by atoms with van der Waals surface area (Å²) < 4.78 is 6.96. The topological polar surface area (TPSA) is 77.1 Å². The third kappa shape index (κ3) is 3.46. The Morgan fingerprint density at radius 1 is 1.25 bits per heavy atom. The lowest BCUT2D eigenvalue weighted by atomic mass is 9.93. The molecule has 4 rings (SSSR count). The molecule has 6 nitrogen and oxygen atoms in total. The highest BCUT2D eigenvalue weighted by Gasteiger charge is 2.26. The van der Waals surface area contributed by atoms with Gasteiger partial charge in [-0.05, 0) is 31.4 Å². The SMILES string of the molecule is CCCCCn1nc(C(=O)NC2CCCc3occc32)c2ccccc2c1=O. The van der Waals surface area contributed by atoms with E-state index in [0.29, 0.717) is 23.0 Å². The van der Waals surface area contributed by atoms with E-state index in [9.17, 15) is 9.59 Å². The smallest absolute Gasteiger partial charge is 0.274 e. The lowest BCUT2D eigenvalue weighted by Gasteiger charge is -2.23. The van der Waals surface area contributed by atoms with Gasteiger partial charge < -0.3 is 9.73 Å². The van der Waals surface area contributed by atoms with Crippen LogP contribution < -0.4 is 10.9 Å². The van der Waals surface area contributed by atoms with E-state index < -0.39 is 0 Å². The second-order valence-corrected chi connectivity index (χ2v) is 7.35. The minimum Gasteiger partial charge on any atom is -0.469 e. The van der Waals surface area contributed by atoms with Crippen molar-refractivity contribution in [1.82, 2.24) is 15.1 Å². The minimum absolute atomic E-state index is 0.0870. The van der Waals surface area contributed by atoms with Crippen LogP contribution in [0, 0.1) is 0 Å². The van der Waals surface area contributed by atoms with Gasteiger partial charge in [-0.15, -0.1) is 0 Å². The molecule has 0 saturated carbocycles. The highest BCUT2D eigenvalue weighted by molar-refractivity contribution is 6.04. The van der Waals surface area contributed by atoms with E-state index in [1.165, 1.54) is 4.68 Å². The lowest BCUT2D eigenvalue weighted by molar-refractivity contribution is 0.0926. The van der Waals surface area contributed by atoms with E-state index >= 15 is 0 Å². The first kappa shape index (κ1) is 18.5. The number of fused-ring (bicyclic) bond motifs is 2. The van der Waals surface area contributed by atoms with Crippen molar-refractivity contribution in [2.45, 2.75) is 58.0 Å². The number of rotatable bonds is 6. The average molecular weight is 379 g/mol. The number of carbonyl (C=O) groups is 1. The summed E-state index contributed by atoms with van der Waals surface area (Å²) in [5, 5.41) is 8.69. The highest BCUT2D eigenvalue weighted by atomic mass is 16.3. The predicted octanol–water partition coefficient (Wildman–Crippen LogP) is 3.99. The van der Waals surface area contributed by atoms with Crippen LogP contribution in [0.25, 0.3) is 10.8 Å². The summed E-state index contributed by atoms with van der Waals surface area (Å²) in [4.78, 5) is 25.9. The Morgan fingerprint density at radius 2 is 2.07 bits per heavy atom. The van der Waals surface area contributed by atoms with E-state index in [2.05, 4.69) is 17.3 Å². The lowest BCUT2D eigenvalue weighted by Crippen LogP contribution is -2.34. The first-order chi connectivity index (χ1) is 13.7. The van der Waals surface area contributed by atoms with Gasteiger partial charge in [0, 0.05) is 23.9 Å². The Morgan fingerprint density at radius 3 is 2.89 bits per heavy atom. The molecule has 0 spiro atoms. The number of unbranched alkanes of at least 4 members (excludes halogenated alkanes) is 2. The van der Waals surface area contributed by atoms with Crippen LogP contribution in [0.4, 0.5) is 0 Å². The van der Waals surface area contributed by atoms with Gasteiger partial charge in [0.1, 0.15) is 5.76 Å². The molecule has 2 heterocycles. The maximum absolute atomic E-state index is 13.1. The van der Waals surface area contributed by atoms with Crippen molar-refractivity contribution in [1.29, 1.82) is 0 Å². The first-order valence-electron chi connectivity index (χ1n) is 10.1. The number of nitrogens with one attached hydrogen (secondary N) is 1. The third-order valence-corrected chi connectivity index (χ3v) is 5.41. The molecule has 1 aromatic carbocycles. The number of nitrogens with zero attached hydrogens (tertiary/aromatic N) is 2. The number of carbonyl (C=O) groups excluding carboxylic acids is 1. The molecule has 3 aromatic rings. The van der Waals surface area contributed by atoms with Crippen LogP contribution in [0.5, 0.6) is 0 Å². The van der Waals surface area contributed by atoms with Gasteiger partial charge in [-0.25, -0.2) is 4.68 Å². The summed E-state index contributed by atoms with van der Waals surface area (Å²) in [6.07, 6.45) is 7.36. The zero-order valence-corrected chi connectivity index (χ0v) is 16.1. The summed E-state index contributed by atoms with van der Waals surface area (Å²) in [6.45, 7) is 2.64. The Hall–Kier alpha value is -2.89. The number of benzene rings is 1. The van der Waals surface area contributed by atoms with Gasteiger partial charge in [0.15, 0.2) is 5.69 Å². The fraction of sp³-hybridized carbons (Fsp3) is 0.409. The molecule has 0 radical (unpaired) electrons. The molecule has 0 saturated heterocycles. The molecule has 1 amide bonds. The average Bonchev–Trinajstić information content (AvgIpc) is 3.20. The van der Waals surface area contributed by atoms with E-state index in [0.717, 1.165) is 49.8 Å². The van der Waals surface area contributed by atoms with E-state index in [4.69, 9.17) is 4.42 Å². The summed E-state index contributed by atoms with van der Waals surface area (Å²) in [6, 6.07) is 9.05. The molecule has 0 aliphatic heterocycles. The standard InChI is InChI=1S/C22H25N3O3/c1-2-3-6-13-25-22(27)16-9-5-4-8-15(16)20(24-25)21(26)23-18-10-7-11-19-17(18)12-14-28-19/h4-5,8-9,12,14,18H,2-3,6-7,10-11,13H2,1H3,(H,23,26). The molecule has 1 atom stereocenters.